The van der Waals surface area contributed by atoms with E-state index in [2.05, 4.69) is 15.6 Å². The van der Waals surface area contributed by atoms with Gasteiger partial charge in [-0.2, -0.15) is 0 Å². The lowest BCUT2D eigenvalue weighted by Crippen LogP contribution is -2.57. The van der Waals surface area contributed by atoms with Crippen LogP contribution < -0.4 is 10.6 Å². The molecule has 35 heavy (non-hydrogen) atoms. The van der Waals surface area contributed by atoms with Crippen molar-refractivity contribution in [3.63, 3.8) is 0 Å². The van der Waals surface area contributed by atoms with Crippen LogP contribution >= 0.6 is 11.8 Å². The van der Waals surface area contributed by atoms with Crippen LogP contribution in [0.4, 0.5) is 0 Å². The third-order valence-electron chi connectivity index (χ3n) is 7.20. The molecule has 0 radical (unpaired) electrons. The molecule has 3 N–H and O–H groups in total. The number of fused-ring (bicyclic) bond motifs is 4. The van der Waals surface area contributed by atoms with Crippen LogP contribution in [0.15, 0.2) is 54.7 Å². The highest BCUT2D eigenvalue weighted by atomic mass is 32.2. The van der Waals surface area contributed by atoms with Gasteiger partial charge in [0.15, 0.2) is 0 Å². The molecular weight excluding hydrogens is 460 g/mol. The Kier molecular flexibility index (Phi) is 5.18. The standard InChI is InChI=1S/C27H28N4O3S/c1-27(2)22(31-25(34)18-8-3-4-9-19(18)26(31)35-27)24(33)30-21(23(32)29-16-11-12-16)13-15-14-28-20-10-6-5-7-17(15)20/h3-10,14,16,21-22,26,28H,11-13H2,1-2H3,(H,29,32)(H,30,33)/t21-,22+,26-/m1/s1. The molecule has 0 spiro atoms. The Hall–Kier alpha value is -3.26. The number of rotatable bonds is 6. The Morgan fingerprint density at radius 2 is 1.89 bits per heavy atom. The van der Waals surface area contributed by atoms with Crippen molar-refractivity contribution in [3.8, 4) is 0 Å². The van der Waals surface area contributed by atoms with Crippen LogP contribution in [0.25, 0.3) is 10.9 Å². The molecular formula is C27H28N4O3S. The lowest BCUT2D eigenvalue weighted by molar-refractivity contribution is -0.131. The van der Waals surface area contributed by atoms with Gasteiger partial charge in [0.2, 0.25) is 11.8 Å². The van der Waals surface area contributed by atoms with Gasteiger partial charge in [0.05, 0.1) is 0 Å². The van der Waals surface area contributed by atoms with Crippen molar-refractivity contribution in [2.24, 2.45) is 0 Å². The van der Waals surface area contributed by atoms with Gasteiger partial charge in [0.25, 0.3) is 5.91 Å². The molecule has 3 aromatic rings. The average molecular weight is 489 g/mol. The minimum absolute atomic E-state index is 0.126. The highest BCUT2D eigenvalue weighted by Gasteiger charge is 2.57. The molecule has 1 saturated carbocycles. The molecule has 3 heterocycles. The van der Waals surface area contributed by atoms with Gasteiger partial charge in [0.1, 0.15) is 17.5 Å². The summed E-state index contributed by atoms with van der Waals surface area (Å²) in [5.74, 6) is -0.594. The summed E-state index contributed by atoms with van der Waals surface area (Å²) < 4.78 is -0.504. The molecule has 1 saturated heterocycles. The summed E-state index contributed by atoms with van der Waals surface area (Å²) in [7, 11) is 0. The van der Waals surface area contributed by atoms with E-state index < -0.39 is 16.8 Å². The van der Waals surface area contributed by atoms with Gasteiger partial charge in [-0.25, -0.2) is 0 Å². The second kappa shape index (κ2) is 8.16. The first-order valence-corrected chi connectivity index (χ1v) is 13.0. The van der Waals surface area contributed by atoms with Crippen molar-refractivity contribution in [2.75, 3.05) is 0 Å². The van der Waals surface area contributed by atoms with Gasteiger partial charge >= 0.3 is 0 Å². The molecule has 1 aliphatic carbocycles. The predicted octanol–water partition coefficient (Wildman–Crippen LogP) is 3.52. The number of aromatic amines is 1. The monoisotopic (exact) mass is 488 g/mol. The second-order valence-corrected chi connectivity index (χ2v) is 11.9. The van der Waals surface area contributed by atoms with Gasteiger partial charge in [-0.1, -0.05) is 36.4 Å². The summed E-state index contributed by atoms with van der Waals surface area (Å²) >= 11 is 1.62. The largest absolute Gasteiger partial charge is 0.361 e. The third-order valence-corrected chi connectivity index (χ3v) is 8.74. The van der Waals surface area contributed by atoms with E-state index in [-0.39, 0.29) is 29.1 Å². The first-order chi connectivity index (χ1) is 16.8. The van der Waals surface area contributed by atoms with E-state index in [1.807, 2.05) is 68.6 Å². The van der Waals surface area contributed by atoms with Crippen LogP contribution in [-0.2, 0) is 16.0 Å². The number of hydrogen-bond acceptors (Lipinski definition) is 4. The summed E-state index contributed by atoms with van der Waals surface area (Å²) in [4.78, 5) is 45.3. The molecule has 3 atom stereocenters. The Labute approximate surface area is 208 Å². The van der Waals surface area contributed by atoms with E-state index in [0.717, 1.165) is 34.9 Å². The lowest BCUT2D eigenvalue weighted by Gasteiger charge is -2.31. The average Bonchev–Trinajstić information content (AvgIpc) is 3.41. The van der Waals surface area contributed by atoms with Crippen LogP contribution in [0.1, 0.15) is 53.5 Å². The van der Waals surface area contributed by atoms with Gasteiger partial charge in [-0.3, -0.25) is 14.4 Å². The molecule has 2 aliphatic heterocycles. The number of nitrogens with zero attached hydrogens (tertiary/aromatic N) is 1. The van der Waals surface area contributed by atoms with Crippen LogP contribution in [0.5, 0.6) is 0 Å². The number of amides is 3. The van der Waals surface area contributed by atoms with Gasteiger partial charge in [0, 0.05) is 39.9 Å². The Balaban J connectivity index is 1.28. The summed E-state index contributed by atoms with van der Waals surface area (Å²) in [5, 5.41) is 6.93. The lowest BCUT2D eigenvalue weighted by atomic mass is 9.99. The summed E-state index contributed by atoms with van der Waals surface area (Å²) in [6.07, 6.45) is 4.20. The van der Waals surface area contributed by atoms with Crippen LogP contribution in [0, 0.1) is 0 Å². The third kappa shape index (κ3) is 3.80. The fraction of sp³-hybridized carbons (Fsp3) is 0.370. The van der Waals surface area contributed by atoms with Crippen molar-refractivity contribution in [1.82, 2.24) is 20.5 Å². The molecule has 0 bridgehead atoms. The Bertz CT molecular complexity index is 1340. The number of benzene rings is 2. The second-order valence-electron chi connectivity index (χ2n) is 10.2. The zero-order valence-electron chi connectivity index (χ0n) is 19.7. The SMILES string of the molecule is CC1(C)S[C@@H]2c3ccccc3C(=O)N2[C@H]1C(=O)N[C@H](Cc1c[nH]c2ccccc12)C(=O)NC1CC1. The minimum atomic E-state index is -0.734. The quantitative estimate of drug-likeness (QED) is 0.495. The first kappa shape index (κ1) is 22.2. The Morgan fingerprint density at radius 3 is 2.69 bits per heavy atom. The van der Waals surface area contributed by atoms with Crippen molar-refractivity contribution in [3.05, 3.63) is 71.4 Å². The molecule has 8 heteroatoms. The zero-order valence-corrected chi connectivity index (χ0v) is 20.5. The van der Waals surface area contributed by atoms with E-state index in [0.29, 0.717) is 12.0 Å². The molecule has 3 aliphatic rings. The predicted molar refractivity (Wildman–Crippen MR) is 136 cm³/mol. The summed E-state index contributed by atoms with van der Waals surface area (Å²) in [6, 6.07) is 14.3. The molecule has 180 valence electrons. The highest BCUT2D eigenvalue weighted by molar-refractivity contribution is 8.01. The van der Waals surface area contributed by atoms with Crippen LogP contribution in [0.2, 0.25) is 0 Å². The van der Waals surface area contributed by atoms with Crippen LogP contribution in [-0.4, -0.2) is 50.5 Å². The maximum absolute atomic E-state index is 13.8. The number of carbonyl (C=O) groups is 3. The first-order valence-electron chi connectivity index (χ1n) is 12.1. The van der Waals surface area contributed by atoms with E-state index in [1.54, 1.807) is 16.7 Å². The summed E-state index contributed by atoms with van der Waals surface area (Å²) in [5.41, 5.74) is 3.57. The fourth-order valence-corrected chi connectivity index (χ4v) is 6.90. The number of aromatic nitrogens is 1. The van der Waals surface area contributed by atoms with Gasteiger partial charge < -0.3 is 20.5 Å². The molecule has 3 amide bonds. The van der Waals surface area contributed by atoms with E-state index in [1.165, 1.54) is 0 Å². The fourth-order valence-electron chi connectivity index (χ4n) is 5.31. The molecule has 2 aromatic carbocycles. The molecule has 7 nitrogen and oxygen atoms in total. The van der Waals surface area contributed by atoms with Crippen LogP contribution in [0.3, 0.4) is 0 Å². The smallest absolute Gasteiger partial charge is 0.256 e. The molecule has 0 unspecified atom stereocenters. The van der Waals surface area contributed by atoms with E-state index in [9.17, 15) is 14.4 Å². The molecule has 2 fully saturated rings. The van der Waals surface area contributed by atoms with Gasteiger partial charge in [-0.15, -0.1) is 11.8 Å². The maximum Gasteiger partial charge on any atom is 0.256 e. The summed E-state index contributed by atoms with van der Waals surface area (Å²) in [6.45, 7) is 3.99. The number of carbonyl (C=O) groups excluding carboxylic acids is 3. The maximum atomic E-state index is 13.8. The number of thioether (sulfide) groups is 1. The van der Waals surface area contributed by atoms with E-state index >= 15 is 0 Å². The highest BCUT2D eigenvalue weighted by Crippen LogP contribution is 2.56. The number of hydrogen-bond donors (Lipinski definition) is 3. The topological polar surface area (TPSA) is 94.3 Å². The minimum Gasteiger partial charge on any atom is -0.361 e. The van der Waals surface area contributed by atoms with Crippen molar-refractivity contribution >= 4 is 40.4 Å². The van der Waals surface area contributed by atoms with Crippen molar-refractivity contribution in [1.29, 1.82) is 0 Å². The molecule has 1 aromatic heterocycles. The molecule has 6 rings (SSSR count). The Morgan fingerprint density at radius 1 is 1.14 bits per heavy atom. The normalized spacial score (nSPS) is 23.1. The van der Waals surface area contributed by atoms with Crippen molar-refractivity contribution in [2.45, 2.75) is 61.4 Å². The van der Waals surface area contributed by atoms with Crippen molar-refractivity contribution < 1.29 is 14.4 Å². The number of nitrogens with one attached hydrogen (secondary N) is 3. The van der Waals surface area contributed by atoms with E-state index in [4.69, 9.17) is 0 Å². The van der Waals surface area contributed by atoms with Gasteiger partial charge in [-0.05, 0) is 49.9 Å². The number of H-pyrrole nitrogens is 1. The number of para-hydroxylation sites is 1. The zero-order chi connectivity index (χ0) is 24.3.